The molecule has 6 heteroatoms. The number of esters is 2. The summed E-state index contributed by atoms with van der Waals surface area (Å²) in [6.07, 6.45) is 0. The highest BCUT2D eigenvalue weighted by Crippen LogP contribution is 2.18. The van der Waals surface area contributed by atoms with Gasteiger partial charge < -0.3 is 19.3 Å². The van der Waals surface area contributed by atoms with Crippen LogP contribution in [0.25, 0.3) is 0 Å². The van der Waals surface area contributed by atoms with Gasteiger partial charge in [-0.1, -0.05) is 27.0 Å². The Morgan fingerprint density at radius 1 is 0.828 bits per heavy atom. The molecule has 0 amide bonds. The Bertz CT molecular complexity index is 783. The average molecular weight is 407 g/mol. The number of benzene rings is 2. The van der Waals surface area contributed by atoms with E-state index in [0.717, 1.165) is 11.1 Å². The van der Waals surface area contributed by atoms with Crippen molar-refractivity contribution in [2.75, 3.05) is 20.3 Å². The zero-order valence-electron chi connectivity index (χ0n) is 16.4. The summed E-state index contributed by atoms with van der Waals surface area (Å²) in [5, 5.41) is 9.15. The minimum atomic E-state index is -0.393. The van der Waals surface area contributed by atoms with Gasteiger partial charge in [-0.3, -0.25) is 0 Å². The smallest absolute Gasteiger partial charge is 0.338 e. The average Bonchev–Trinajstić information content (AvgIpc) is 2.65. The lowest BCUT2D eigenvalue weighted by molar-refractivity contribution is 0.0515. The van der Waals surface area contributed by atoms with Gasteiger partial charge in [0.2, 0.25) is 0 Å². The van der Waals surface area contributed by atoms with E-state index >= 15 is 0 Å². The fourth-order valence-corrected chi connectivity index (χ4v) is 2.20. The van der Waals surface area contributed by atoms with E-state index in [4.69, 9.17) is 19.3 Å². The van der Waals surface area contributed by atoms with Crippen LogP contribution in [0.15, 0.2) is 36.4 Å². The van der Waals surface area contributed by atoms with Gasteiger partial charge in [0.05, 0.1) is 31.5 Å². The molecular formula is C23H34O6. The quantitative estimate of drug-likeness (QED) is 0.676. The molecule has 0 heterocycles. The zero-order valence-corrected chi connectivity index (χ0v) is 16.4. The van der Waals surface area contributed by atoms with Crippen molar-refractivity contribution in [3.63, 3.8) is 0 Å². The summed E-state index contributed by atoms with van der Waals surface area (Å²) in [6.45, 7) is 7.92. The van der Waals surface area contributed by atoms with Crippen LogP contribution >= 0.6 is 0 Å². The molecule has 0 fully saturated rings. The zero-order chi connectivity index (χ0) is 20.4. The van der Waals surface area contributed by atoms with Crippen molar-refractivity contribution < 1.29 is 28.9 Å². The fourth-order valence-electron chi connectivity index (χ4n) is 2.20. The molecule has 0 aliphatic carbocycles. The molecule has 0 saturated heterocycles. The Morgan fingerprint density at radius 2 is 1.28 bits per heavy atom. The number of phenols is 1. The Kier molecular flexibility index (Phi) is 13.7. The topological polar surface area (TPSA) is 82.1 Å². The summed E-state index contributed by atoms with van der Waals surface area (Å²) < 4.78 is 14.8. The van der Waals surface area contributed by atoms with Gasteiger partial charge in [-0.15, -0.1) is 0 Å². The van der Waals surface area contributed by atoms with E-state index in [1.54, 1.807) is 40.0 Å². The van der Waals surface area contributed by atoms with Crippen molar-refractivity contribution in [3.8, 4) is 11.5 Å². The summed E-state index contributed by atoms with van der Waals surface area (Å²) >= 11 is 0. The third-order valence-corrected chi connectivity index (χ3v) is 3.66. The number of hydrogen-bond donors (Lipinski definition) is 1. The Morgan fingerprint density at radius 3 is 1.72 bits per heavy atom. The summed E-state index contributed by atoms with van der Waals surface area (Å²) in [5.74, 6) is 0.0482. The number of phenolic OH excluding ortho intramolecular Hbond substituents is 1. The number of carbonyl (C=O) groups excluding carboxylic acids is 2. The van der Waals surface area contributed by atoms with E-state index < -0.39 is 5.97 Å². The molecule has 0 radical (unpaired) electrons. The highest BCUT2D eigenvalue weighted by Gasteiger charge is 2.11. The van der Waals surface area contributed by atoms with E-state index in [-0.39, 0.29) is 26.6 Å². The predicted octanol–water partition coefficient (Wildman–Crippen LogP) is 5.33. The van der Waals surface area contributed by atoms with E-state index in [2.05, 4.69) is 0 Å². The fraction of sp³-hybridized carbons (Fsp3) is 0.391. The van der Waals surface area contributed by atoms with Gasteiger partial charge in [0, 0.05) is 0 Å². The maximum atomic E-state index is 11.5. The lowest BCUT2D eigenvalue weighted by atomic mass is 10.1. The molecule has 2 aromatic carbocycles. The summed E-state index contributed by atoms with van der Waals surface area (Å²) in [6, 6.07) is 9.98. The van der Waals surface area contributed by atoms with Crippen LogP contribution in [0.3, 0.4) is 0 Å². The van der Waals surface area contributed by atoms with Crippen molar-refractivity contribution in [1.29, 1.82) is 0 Å². The van der Waals surface area contributed by atoms with Gasteiger partial charge in [-0.25, -0.2) is 9.59 Å². The number of aromatic hydroxyl groups is 1. The Balaban J connectivity index is 0. The molecule has 0 bridgehead atoms. The van der Waals surface area contributed by atoms with Crippen LogP contribution in [0.1, 0.15) is 60.5 Å². The van der Waals surface area contributed by atoms with E-state index in [9.17, 15) is 9.59 Å². The minimum absolute atomic E-state index is 0. The maximum absolute atomic E-state index is 11.5. The van der Waals surface area contributed by atoms with Crippen molar-refractivity contribution in [3.05, 3.63) is 58.7 Å². The van der Waals surface area contributed by atoms with E-state index in [0.29, 0.717) is 30.1 Å². The van der Waals surface area contributed by atoms with Crippen LogP contribution in [0.4, 0.5) is 0 Å². The maximum Gasteiger partial charge on any atom is 0.338 e. The van der Waals surface area contributed by atoms with Crippen LogP contribution in [0.2, 0.25) is 0 Å². The van der Waals surface area contributed by atoms with Gasteiger partial charge in [0.1, 0.15) is 11.5 Å². The molecule has 2 aromatic rings. The second-order valence-corrected chi connectivity index (χ2v) is 5.62. The molecule has 0 aliphatic rings. The third kappa shape index (κ3) is 8.68. The molecule has 0 unspecified atom stereocenters. The van der Waals surface area contributed by atoms with Crippen LogP contribution in [0, 0.1) is 13.8 Å². The highest BCUT2D eigenvalue weighted by molar-refractivity contribution is 5.92. The molecule has 0 aliphatic heterocycles. The first kappa shape index (κ1) is 28.2. The molecule has 162 valence electrons. The number of hydrogen-bond acceptors (Lipinski definition) is 6. The van der Waals surface area contributed by atoms with Gasteiger partial charge >= 0.3 is 11.9 Å². The largest absolute Gasteiger partial charge is 0.508 e. The monoisotopic (exact) mass is 406 g/mol. The van der Waals surface area contributed by atoms with Crippen LogP contribution in [-0.4, -0.2) is 37.4 Å². The number of aryl methyl sites for hydroxylation is 2. The van der Waals surface area contributed by atoms with Gasteiger partial charge in [0.25, 0.3) is 0 Å². The number of carbonyl (C=O) groups is 2. The molecular weight excluding hydrogens is 372 g/mol. The number of rotatable bonds is 5. The number of ether oxygens (including phenoxy) is 3. The lowest BCUT2D eigenvalue weighted by Crippen LogP contribution is -2.06. The van der Waals surface area contributed by atoms with E-state index in [1.165, 1.54) is 12.1 Å². The third-order valence-electron chi connectivity index (χ3n) is 3.66. The van der Waals surface area contributed by atoms with Crippen LogP contribution < -0.4 is 4.74 Å². The summed E-state index contributed by atoms with van der Waals surface area (Å²) in [7, 11) is 1.57. The summed E-state index contributed by atoms with van der Waals surface area (Å²) in [4.78, 5) is 22.7. The Labute approximate surface area is 174 Å². The normalized spacial score (nSPS) is 9.00. The van der Waals surface area contributed by atoms with Gasteiger partial charge in [-0.05, 0) is 63.1 Å². The second kappa shape index (κ2) is 14.0. The van der Waals surface area contributed by atoms with Gasteiger partial charge in [-0.2, -0.15) is 0 Å². The minimum Gasteiger partial charge on any atom is -0.508 e. The molecule has 0 atom stereocenters. The van der Waals surface area contributed by atoms with Gasteiger partial charge in [0.15, 0.2) is 0 Å². The molecule has 2 rings (SSSR count). The number of methoxy groups -OCH3 is 1. The van der Waals surface area contributed by atoms with E-state index in [1.807, 2.05) is 19.1 Å². The van der Waals surface area contributed by atoms with Crippen molar-refractivity contribution in [2.45, 2.75) is 42.5 Å². The lowest BCUT2D eigenvalue weighted by Gasteiger charge is -2.07. The highest BCUT2D eigenvalue weighted by atomic mass is 16.5. The molecule has 6 nitrogen and oxygen atoms in total. The van der Waals surface area contributed by atoms with Crippen molar-refractivity contribution >= 4 is 11.9 Å². The first-order valence-electron chi connectivity index (χ1n) is 8.62. The van der Waals surface area contributed by atoms with Crippen LogP contribution in [-0.2, 0) is 9.47 Å². The first-order valence-corrected chi connectivity index (χ1v) is 8.62. The molecule has 0 saturated carbocycles. The Hall–Kier alpha value is -3.02. The second-order valence-electron chi connectivity index (χ2n) is 5.62. The first-order chi connectivity index (χ1) is 12.8. The molecule has 29 heavy (non-hydrogen) atoms. The SMILES string of the molecule is C.C.CCOC(=O)c1cc(O)ccc1C.CCOC(=O)c1cc(OC)ccc1C. The molecule has 0 spiro atoms. The molecule has 1 N–H and O–H groups in total. The standard InChI is InChI=1S/C11H14O3.C10H12O3.2CH4/c1-4-14-11(12)10-7-9(13-3)6-5-8(10)2;1-3-13-10(12)9-6-8(11)5-4-7(9)2;;/h5-7H,4H2,1-3H3;4-6,11H,3H2,1-2H3;2*1H4. The predicted molar refractivity (Wildman–Crippen MR) is 116 cm³/mol. The molecule has 0 aromatic heterocycles. The van der Waals surface area contributed by atoms with Crippen molar-refractivity contribution in [1.82, 2.24) is 0 Å². The van der Waals surface area contributed by atoms with Crippen LogP contribution in [0.5, 0.6) is 11.5 Å². The van der Waals surface area contributed by atoms with Crippen molar-refractivity contribution in [2.24, 2.45) is 0 Å². The summed E-state index contributed by atoms with van der Waals surface area (Å²) in [5.41, 5.74) is 2.67.